The molecule has 1 aromatic rings. The van der Waals surface area contributed by atoms with E-state index in [-0.39, 0.29) is 0 Å². The van der Waals surface area contributed by atoms with Gasteiger partial charge in [-0.3, -0.25) is 0 Å². The molecule has 1 aromatic carbocycles. The van der Waals surface area contributed by atoms with E-state index in [0.717, 1.165) is 18.9 Å². The first-order valence-electron chi connectivity index (χ1n) is 6.99. The van der Waals surface area contributed by atoms with Gasteiger partial charge in [0, 0.05) is 30.8 Å². The molecule has 0 amide bonds. The summed E-state index contributed by atoms with van der Waals surface area (Å²) in [7, 11) is 2.18. The number of nitrogens with zero attached hydrogens (tertiary/aromatic N) is 1. The second-order valence-corrected chi connectivity index (χ2v) is 5.58. The van der Waals surface area contributed by atoms with Crippen molar-refractivity contribution in [2.24, 2.45) is 5.92 Å². The summed E-state index contributed by atoms with van der Waals surface area (Å²) >= 11 is 0. The molecule has 1 fully saturated rings. The number of aryl methyl sites for hydroxylation is 1. The van der Waals surface area contributed by atoms with E-state index in [1.807, 2.05) is 0 Å². The van der Waals surface area contributed by atoms with Gasteiger partial charge in [0.25, 0.3) is 0 Å². The maximum atomic E-state index is 5.94. The summed E-state index contributed by atoms with van der Waals surface area (Å²) in [6.45, 7) is 4.32. The predicted octanol–water partition coefficient (Wildman–Crippen LogP) is 2.38. The molecular weight excluding hydrogens is 224 g/mol. The zero-order valence-electron chi connectivity index (χ0n) is 11.1. The molecule has 18 heavy (non-hydrogen) atoms. The fourth-order valence-electron chi connectivity index (χ4n) is 2.91. The normalized spacial score (nSPS) is 23.5. The predicted molar refractivity (Wildman–Crippen MR) is 74.4 cm³/mol. The third-order valence-electron chi connectivity index (χ3n) is 3.99. The molecule has 0 aliphatic carbocycles. The fraction of sp³-hybridized carbons (Fsp3) is 0.600. The van der Waals surface area contributed by atoms with Crippen LogP contribution < -0.4 is 10.1 Å². The minimum absolute atomic E-state index is 0.694. The van der Waals surface area contributed by atoms with Crippen LogP contribution in [-0.4, -0.2) is 38.2 Å². The van der Waals surface area contributed by atoms with E-state index in [9.17, 15) is 0 Å². The van der Waals surface area contributed by atoms with Crippen LogP contribution in [0, 0.1) is 5.92 Å². The summed E-state index contributed by atoms with van der Waals surface area (Å²) in [5.41, 5.74) is 2.69. The van der Waals surface area contributed by atoms with Crippen molar-refractivity contribution >= 4 is 5.69 Å². The van der Waals surface area contributed by atoms with Gasteiger partial charge in [-0.1, -0.05) is 6.07 Å². The largest absolute Gasteiger partial charge is 0.493 e. The van der Waals surface area contributed by atoms with E-state index >= 15 is 0 Å². The number of anilines is 1. The van der Waals surface area contributed by atoms with Crippen molar-refractivity contribution in [1.29, 1.82) is 0 Å². The van der Waals surface area contributed by atoms with E-state index < -0.39 is 0 Å². The Morgan fingerprint density at radius 1 is 1.44 bits per heavy atom. The molecule has 0 saturated carbocycles. The van der Waals surface area contributed by atoms with E-state index in [1.165, 1.54) is 43.6 Å². The van der Waals surface area contributed by atoms with Gasteiger partial charge in [-0.25, -0.2) is 0 Å². The summed E-state index contributed by atoms with van der Waals surface area (Å²) in [4.78, 5) is 2.38. The van der Waals surface area contributed by atoms with Crippen LogP contribution in [0.15, 0.2) is 18.2 Å². The van der Waals surface area contributed by atoms with Gasteiger partial charge in [-0.2, -0.15) is 0 Å². The first-order chi connectivity index (χ1) is 8.81. The van der Waals surface area contributed by atoms with Gasteiger partial charge in [-0.15, -0.1) is 0 Å². The van der Waals surface area contributed by atoms with Crippen molar-refractivity contribution in [3.63, 3.8) is 0 Å². The minimum Gasteiger partial charge on any atom is -0.493 e. The average molecular weight is 246 g/mol. The molecule has 2 aliphatic heterocycles. The molecular formula is C15H22N2O. The monoisotopic (exact) mass is 246 g/mol. The van der Waals surface area contributed by atoms with Crippen LogP contribution in [0.2, 0.25) is 0 Å². The zero-order valence-corrected chi connectivity index (χ0v) is 11.1. The number of fused-ring (bicyclic) bond motifs is 1. The van der Waals surface area contributed by atoms with Crippen molar-refractivity contribution < 1.29 is 4.74 Å². The minimum atomic E-state index is 0.694. The standard InChI is InChI=1S/C15H22N2O/c1-17-8-6-12(10-17)11-18-14-5-4-13-3-2-7-16-15(13)9-14/h4-5,9,12,16H,2-3,6-8,10-11H2,1H3. The molecule has 2 aliphatic rings. The van der Waals surface area contributed by atoms with Crippen LogP contribution in [0.3, 0.4) is 0 Å². The van der Waals surface area contributed by atoms with Crippen LogP contribution in [-0.2, 0) is 6.42 Å². The van der Waals surface area contributed by atoms with Gasteiger partial charge in [0.05, 0.1) is 6.61 Å². The Hall–Kier alpha value is -1.22. The van der Waals surface area contributed by atoms with Crippen molar-refractivity contribution in [2.45, 2.75) is 19.3 Å². The smallest absolute Gasteiger partial charge is 0.121 e. The number of likely N-dealkylation sites (tertiary alicyclic amines) is 1. The second-order valence-electron chi connectivity index (χ2n) is 5.58. The van der Waals surface area contributed by atoms with Crippen molar-refractivity contribution in [3.8, 4) is 5.75 Å². The van der Waals surface area contributed by atoms with Crippen LogP contribution in [0.25, 0.3) is 0 Å². The molecule has 1 N–H and O–H groups in total. The highest BCUT2D eigenvalue weighted by Crippen LogP contribution is 2.27. The Balaban J connectivity index is 1.59. The highest BCUT2D eigenvalue weighted by atomic mass is 16.5. The number of nitrogens with one attached hydrogen (secondary N) is 1. The number of hydrogen-bond donors (Lipinski definition) is 1. The summed E-state index contributed by atoms with van der Waals surface area (Å²) in [6, 6.07) is 6.48. The maximum absolute atomic E-state index is 5.94. The zero-order chi connectivity index (χ0) is 12.4. The average Bonchev–Trinajstić information content (AvgIpc) is 2.82. The van der Waals surface area contributed by atoms with E-state index in [4.69, 9.17) is 4.74 Å². The van der Waals surface area contributed by atoms with Gasteiger partial charge in [0.2, 0.25) is 0 Å². The number of hydrogen-bond acceptors (Lipinski definition) is 3. The summed E-state index contributed by atoms with van der Waals surface area (Å²) in [5, 5.41) is 3.45. The second kappa shape index (κ2) is 5.19. The van der Waals surface area contributed by atoms with Crippen LogP contribution in [0.1, 0.15) is 18.4 Å². The molecule has 0 spiro atoms. The summed E-state index contributed by atoms with van der Waals surface area (Å²) in [5.74, 6) is 1.71. The number of benzene rings is 1. The van der Waals surface area contributed by atoms with E-state index in [1.54, 1.807) is 0 Å². The Morgan fingerprint density at radius 2 is 2.39 bits per heavy atom. The van der Waals surface area contributed by atoms with Crippen molar-refractivity contribution in [3.05, 3.63) is 23.8 Å². The van der Waals surface area contributed by atoms with Crippen LogP contribution in [0.4, 0.5) is 5.69 Å². The lowest BCUT2D eigenvalue weighted by atomic mass is 10.0. The molecule has 98 valence electrons. The lowest BCUT2D eigenvalue weighted by molar-refractivity contribution is 0.249. The van der Waals surface area contributed by atoms with E-state index in [0.29, 0.717) is 5.92 Å². The fourth-order valence-corrected chi connectivity index (χ4v) is 2.91. The molecule has 0 bridgehead atoms. The van der Waals surface area contributed by atoms with Crippen LogP contribution >= 0.6 is 0 Å². The summed E-state index contributed by atoms with van der Waals surface area (Å²) < 4.78 is 5.94. The molecule has 3 nitrogen and oxygen atoms in total. The molecule has 0 aromatic heterocycles. The topological polar surface area (TPSA) is 24.5 Å². The number of ether oxygens (including phenoxy) is 1. The Kier molecular flexibility index (Phi) is 3.41. The van der Waals surface area contributed by atoms with Gasteiger partial charge in [-0.05, 0) is 44.5 Å². The summed E-state index contributed by atoms with van der Waals surface area (Å²) in [6.07, 6.45) is 3.69. The Bertz CT molecular complexity index is 419. The van der Waals surface area contributed by atoms with Gasteiger partial charge in [0.1, 0.15) is 5.75 Å². The van der Waals surface area contributed by atoms with E-state index in [2.05, 4.69) is 35.5 Å². The molecule has 3 heteroatoms. The number of rotatable bonds is 3. The molecule has 1 atom stereocenters. The van der Waals surface area contributed by atoms with Gasteiger partial charge in [0.15, 0.2) is 0 Å². The third-order valence-corrected chi connectivity index (χ3v) is 3.99. The highest BCUT2D eigenvalue weighted by Gasteiger charge is 2.20. The van der Waals surface area contributed by atoms with Crippen LogP contribution in [0.5, 0.6) is 5.75 Å². The highest BCUT2D eigenvalue weighted by molar-refractivity contribution is 5.56. The quantitative estimate of drug-likeness (QED) is 0.886. The Labute approximate surface area is 109 Å². The molecule has 2 heterocycles. The first kappa shape index (κ1) is 11.8. The Morgan fingerprint density at radius 3 is 3.22 bits per heavy atom. The lowest BCUT2D eigenvalue weighted by Gasteiger charge is -2.19. The molecule has 1 saturated heterocycles. The van der Waals surface area contributed by atoms with Crippen molar-refractivity contribution in [2.75, 3.05) is 38.6 Å². The first-order valence-corrected chi connectivity index (χ1v) is 6.99. The molecule has 1 unspecified atom stereocenters. The SMILES string of the molecule is CN1CCC(COc2ccc3c(c2)NCCC3)C1. The van der Waals surface area contributed by atoms with Crippen molar-refractivity contribution in [1.82, 2.24) is 4.90 Å². The molecule has 0 radical (unpaired) electrons. The molecule has 3 rings (SSSR count). The third kappa shape index (κ3) is 2.61. The maximum Gasteiger partial charge on any atom is 0.121 e. The van der Waals surface area contributed by atoms with Gasteiger partial charge < -0.3 is 15.0 Å². The van der Waals surface area contributed by atoms with Gasteiger partial charge >= 0.3 is 0 Å². The lowest BCUT2D eigenvalue weighted by Crippen LogP contribution is -2.18.